The summed E-state index contributed by atoms with van der Waals surface area (Å²) in [6.07, 6.45) is -17.5. The molecule has 132 valence electrons. The third kappa shape index (κ3) is 5.17. The van der Waals surface area contributed by atoms with Crippen molar-refractivity contribution < 1.29 is 55.9 Å². The zero-order valence-electron chi connectivity index (χ0n) is 11.4. The summed E-state index contributed by atoms with van der Waals surface area (Å²) < 4.78 is 0. The molecule has 0 bridgehead atoms. The third-order valence-electron chi connectivity index (χ3n) is 3.09. The first-order valence-electron chi connectivity index (χ1n) is 6.30. The molecule has 0 aromatic rings. The maximum Gasteiger partial charge on any atom is 0.195 e. The van der Waals surface area contributed by atoms with Crippen molar-refractivity contribution in [2.45, 2.75) is 48.8 Å². The molecule has 0 spiro atoms. The highest BCUT2D eigenvalue weighted by Gasteiger charge is 2.41. The van der Waals surface area contributed by atoms with Gasteiger partial charge in [0.25, 0.3) is 0 Å². The van der Waals surface area contributed by atoms with Gasteiger partial charge in [0, 0.05) is 0 Å². The molecule has 8 atom stereocenters. The van der Waals surface area contributed by atoms with E-state index in [-0.39, 0.29) is 0 Å². The van der Waals surface area contributed by atoms with Crippen LogP contribution in [0.3, 0.4) is 0 Å². The first kappa shape index (κ1) is 21.3. The molecule has 22 heavy (non-hydrogen) atoms. The fraction of sp³-hybridized carbons (Fsp3) is 0.909. The molecule has 0 radical (unpaired) electrons. The molecule has 11 heteroatoms. The molecule has 0 aliphatic carbocycles. The van der Waals surface area contributed by atoms with Gasteiger partial charge in [-0.2, -0.15) is 0 Å². The van der Waals surface area contributed by atoms with Crippen molar-refractivity contribution in [1.29, 1.82) is 0 Å². The maximum atomic E-state index is 11.6. The van der Waals surface area contributed by atoms with Gasteiger partial charge in [-0.15, -0.1) is 0 Å². The van der Waals surface area contributed by atoms with Crippen molar-refractivity contribution >= 4 is 5.78 Å². The van der Waals surface area contributed by atoms with Crippen LogP contribution in [0.25, 0.3) is 0 Å². The molecule has 8 unspecified atom stereocenters. The molecular weight excluding hydrogens is 308 g/mol. The Balaban J connectivity index is 4.86. The first-order chi connectivity index (χ1) is 10.1. The molecule has 0 aliphatic rings. The van der Waals surface area contributed by atoms with E-state index >= 15 is 0 Å². The standard InChI is InChI=1S/C11H22O11/c12-1-3(14)5(16)7(18)9(20)11(22)10(21)8(19)6(17)4(15)2-13/h3-10,12-21H,1-2H2. The Morgan fingerprint density at radius 3 is 1.09 bits per heavy atom. The molecular formula is C11H22O11. The maximum absolute atomic E-state index is 11.6. The van der Waals surface area contributed by atoms with Gasteiger partial charge in [-0.25, -0.2) is 0 Å². The van der Waals surface area contributed by atoms with Crippen molar-refractivity contribution in [1.82, 2.24) is 0 Å². The Labute approximate surface area is 124 Å². The molecule has 0 aromatic carbocycles. The van der Waals surface area contributed by atoms with Crippen LogP contribution in [-0.4, -0.2) is 119 Å². The van der Waals surface area contributed by atoms with E-state index < -0.39 is 67.8 Å². The molecule has 0 heterocycles. The number of aliphatic hydroxyl groups is 10. The van der Waals surface area contributed by atoms with Gasteiger partial charge >= 0.3 is 0 Å². The number of Topliss-reactive ketones (excluding diaryl/α,β-unsaturated/α-hetero) is 1. The lowest BCUT2D eigenvalue weighted by molar-refractivity contribution is -0.167. The van der Waals surface area contributed by atoms with E-state index in [0.29, 0.717) is 0 Å². The zero-order valence-corrected chi connectivity index (χ0v) is 11.4. The van der Waals surface area contributed by atoms with Gasteiger partial charge in [-0.05, 0) is 0 Å². The van der Waals surface area contributed by atoms with Crippen molar-refractivity contribution in [3.63, 3.8) is 0 Å². The smallest absolute Gasteiger partial charge is 0.195 e. The molecule has 0 aromatic heterocycles. The summed E-state index contributed by atoms with van der Waals surface area (Å²) in [6, 6.07) is 0. The molecule has 0 rings (SSSR count). The summed E-state index contributed by atoms with van der Waals surface area (Å²) in [6.45, 7) is -1.96. The summed E-state index contributed by atoms with van der Waals surface area (Å²) >= 11 is 0. The van der Waals surface area contributed by atoms with E-state index in [0.717, 1.165) is 0 Å². The highest BCUT2D eigenvalue weighted by atomic mass is 16.4. The molecule has 0 amide bonds. The van der Waals surface area contributed by atoms with Crippen LogP contribution in [0.1, 0.15) is 0 Å². The molecule has 10 N–H and O–H groups in total. The van der Waals surface area contributed by atoms with Gasteiger partial charge in [0.1, 0.15) is 48.8 Å². The number of carbonyl (C=O) groups is 1. The molecule has 0 fully saturated rings. The van der Waals surface area contributed by atoms with Crippen LogP contribution in [0.4, 0.5) is 0 Å². The highest BCUT2D eigenvalue weighted by molar-refractivity contribution is 5.88. The molecule has 0 aliphatic heterocycles. The summed E-state index contributed by atoms with van der Waals surface area (Å²) in [4.78, 5) is 11.6. The Bertz CT molecular complexity index is 308. The fourth-order valence-corrected chi connectivity index (χ4v) is 1.56. The summed E-state index contributed by atoms with van der Waals surface area (Å²) in [5.41, 5.74) is 0. The SMILES string of the molecule is O=C(C(O)C(O)C(O)C(O)CO)C(O)C(O)C(O)C(O)CO. The second-order valence-corrected chi connectivity index (χ2v) is 4.75. The lowest BCUT2D eigenvalue weighted by Gasteiger charge is -2.29. The van der Waals surface area contributed by atoms with Crippen LogP contribution < -0.4 is 0 Å². The van der Waals surface area contributed by atoms with Gasteiger partial charge in [0.15, 0.2) is 5.78 Å². The number of rotatable bonds is 10. The molecule has 0 saturated heterocycles. The Morgan fingerprint density at radius 1 is 0.591 bits per heavy atom. The van der Waals surface area contributed by atoms with Crippen LogP contribution in [-0.2, 0) is 4.79 Å². The van der Waals surface area contributed by atoms with Gasteiger partial charge < -0.3 is 51.1 Å². The summed E-state index contributed by atoms with van der Waals surface area (Å²) in [7, 11) is 0. The Kier molecular flexibility index (Phi) is 9.11. The van der Waals surface area contributed by atoms with Gasteiger partial charge in [0.2, 0.25) is 0 Å². The zero-order chi connectivity index (χ0) is 17.6. The van der Waals surface area contributed by atoms with E-state index in [2.05, 4.69) is 0 Å². The summed E-state index contributed by atoms with van der Waals surface area (Å²) in [5, 5.41) is 91.8. The monoisotopic (exact) mass is 330 g/mol. The Morgan fingerprint density at radius 2 is 0.864 bits per heavy atom. The van der Waals surface area contributed by atoms with Gasteiger partial charge in [0.05, 0.1) is 13.2 Å². The number of carbonyl (C=O) groups excluding carboxylic acids is 1. The average Bonchev–Trinajstić information content (AvgIpc) is 2.55. The van der Waals surface area contributed by atoms with Crippen molar-refractivity contribution in [2.24, 2.45) is 0 Å². The van der Waals surface area contributed by atoms with Crippen LogP contribution in [0, 0.1) is 0 Å². The predicted molar refractivity (Wildman–Crippen MR) is 67.2 cm³/mol. The lowest BCUT2D eigenvalue weighted by atomic mass is 9.93. The number of hydrogen-bond donors (Lipinski definition) is 10. The minimum Gasteiger partial charge on any atom is -0.394 e. The van der Waals surface area contributed by atoms with Crippen molar-refractivity contribution in [3.05, 3.63) is 0 Å². The van der Waals surface area contributed by atoms with Crippen LogP contribution in [0.2, 0.25) is 0 Å². The minimum atomic E-state index is -2.46. The second kappa shape index (κ2) is 9.42. The highest BCUT2D eigenvalue weighted by Crippen LogP contribution is 2.12. The normalized spacial score (nSPS) is 23.0. The van der Waals surface area contributed by atoms with Crippen LogP contribution in [0.5, 0.6) is 0 Å². The van der Waals surface area contributed by atoms with Gasteiger partial charge in [-0.1, -0.05) is 0 Å². The predicted octanol–water partition coefficient (Wildman–Crippen LogP) is -6.57. The third-order valence-corrected chi connectivity index (χ3v) is 3.09. The second-order valence-electron chi connectivity index (χ2n) is 4.75. The van der Waals surface area contributed by atoms with Crippen LogP contribution >= 0.6 is 0 Å². The topological polar surface area (TPSA) is 219 Å². The van der Waals surface area contributed by atoms with Crippen molar-refractivity contribution in [2.75, 3.05) is 13.2 Å². The average molecular weight is 330 g/mol. The van der Waals surface area contributed by atoms with Crippen molar-refractivity contribution in [3.8, 4) is 0 Å². The fourth-order valence-electron chi connectivity index (χ4n) is 1.56. The first-order valence-corrected chi connectivity index (χ1v) is 6.30. The number of hydrogen-bond acceptors (Lipinski definition) is 11. The van der Waals surface area contributed by atoms with E-state index in [4.69, 9.17) is 20.4 Å². The van der Waals surface area contributed by atoms with E-state index in [9.17, 15) is 35.4 Å². The van der Waals surface area contributed by atoms with Gasteiger partial charge in [-0.3, -0.25) is 4.79 Å². The largest absolute Gasteiger partial charge is 0.394 e. The number of aliphatic hydroxyl groups excluding tert-OH is 10. The van der Waals surface area contributed by atoms with E-state index in [1.807, 2.05) is 0 Å². The van der Waals surface area contributed by atoms with Crippen LogP contribution in [0.15, 0.2) is 0 Å². The lowest BCUT2D eigenvalue weighted by Crippen LogP contribution is -2.55. The van der Waals surface area contributed by atoms with E-state index in [1.54, 1.807) is 0 Å². The molecule has 0 saturated carbocycles. The quantitative estimate of drug-likeness (QED) is 0.181. The molecule has 11 nitrogen and oxygen atoms in total. The minimum absolute atomic E-state index is 0.980. The number of ketones is 1. The Hall–Kier alpha value is -0.730. The van der Waals surface area contributed by atoms with E-state index in [1.165, 1.54) is 0 Å². The summed E-state index contributed by atoms with van der Waals surface area (Å²) in [5.74, 6) is -1.62.